The van der Waals surface area contributed by atoms with Crippen LogP contribution in [-0.4, -0.2) is 47.8 Å². The quantitative estimate of drug-likeness (QED) is 0.790. The summed E-state index contributed by atoms with van der Waals surface area (Å²) in [6.45, 7) is 4.10. The van der Waals surface area contributed by atoms with E-state index in [1.165, 1.54) is 12.8 Å². The molecular formula is C12H21NO3. The van der Waals surface area contributed by atoms with E-state index in [1.807, 2.05) is 0 Å². The minimum Gasteiger partial charge on any atom is -0.481 e. The number of ether oxygens (including phenoxy) is 1. The van der Waals surface area contributed by atoms with Crippen LogP contribution in [0.3, 0.4) is 0 Å². The van der Waals surface area contributed by atoms with Crippen molar-refractivity contribution in [2.45, 2.75) is 44.8 Å². The highest BCUT2D eigenvalue weighted by Crippen LogP contribution is 2.28. The molecular weight excluding hydrogens is 206 g/mol. The third-order valence-corrected chi connectivity index (χ3v) is 3.78. The molecule has 3 atom stereocenters. The summed E-state index contributed by atoms with van der Waals surface area (Å²) in [6.07, 6.45) is 5.16. The molecule has 0 aromatic heterocycles. The van der Waals surface area contributed by atoms with Gasteiger partial charge in [-0.05, 0) is 12.8 Å². The molecule has 0 radical (unpaired) electrons. The summed E-state index contributed by atoms with van der Waals surface area (Å²) in [4.78, 5) is 13.2. The molecule has 3 unspecified atom stereocenters. The second-order valence-electron chi connectivity index (χ2n) is 5.00. The predicted molar refractivity (Wildman–Crippen MR) is 60.4 cm³/mol. The fourth-order valence-electron chi connectivity index (χ4n) is 2.83. The molecule has 2 fully saturated rings. The highest BCUT2D eigenvalue weighted by Gasteiger charge is 2.35. The average Bonchev–Trinajstić information content (AvgIpc) is 2.29. The maximum absolute atomic E-state index is 10.9. The molecule has 0 aromatic rings. The van der Waals surface area contributed by atoms with Gasteiger partial charge in [0.15, 0.2) is 0 Å². The van der Waals surface area contributed by atoms with Crippen molar-refractivity contribution in [1.82, 2.24) is 4.90 Å². The number of carboxylic acid groups (broad SMARTS) is 1. The van der Waals surface area contributed by atoms with Crippen molar-refractivity contribution in [3.8, 4) is 0 Å². The third kappa shape index (κ3) is 2.55. The van der Waals surface area contributed by atoms with Gasteiger partial charge in [0.2, 0.25) is 0 Å². The summed E-state index contributed by atoms with van der Waals surface area (Å²) in [5.74, 6) is -0.973. The van der Waals surface area contributed by atoms with Gasteiger partial charge in [0.25, 0.3) is 0 Å². The molecule has 2 rings (SSSR count). The first-order valence-electron chi connectivity index (χ1n) is 6.27. The maximum atomic E-state index is 10.9. The van der Waals surface area contributed by atoms with Crippen LogP contribution in [-0.2, 0) is 9.53 Å². The molecule has 1 aliphatic carbocycles. The first-order valence-corrected chi connectivity index (χ1v) is 6.27. The fourth-order valence-corrected chi connectivity index (χ4v) is 2.83. The van der Waals surface area contributed by atoms with Crippen LogP contribution in [0.1, 0.15) is 32.6 Å². The van der Waals surface area contributed by atoms with Gasteiger partial charge in [0.1, 0.15) is 0 Å². The zero-order valence-electron chi connectivity index (χ0n) is 9.89. The minimum absolute atomic E-state index is 0.277. The molecule has 1 saturated carbocycles. The van der Waals surface area contributed by atoms with Crippen LogP contribution in [0.5, 0.6) is 0 Å². The lowest BCUT2D eigenvalue weighted by Gasteiger charge is -2.44. The lowest BCUT2D eigenvalue weighted by Crippen LogP contribution is -2.54. The zero-order valence-corrected chi connectivity index (χ0v) is 9.89. The molecule has 0 aromatic carbocycles. The molecule has 4 heteroatoms. The number of carbonyl (C=O) groups is 1. The Bertz CT molecular complexity index is 255. The first kappa shape index (κ1) is 11.9. The number of hydrogen-bond acceptors (Lipinski definition) is 3. The normalized spacial score (nSPS) is 33.1. The summed E-state index contributed by atoms with van der Waals surface area (Å²) in [6, 6.07) is 0.462. The summed E-state index contributed by atoms with van der Waals surface area (Å²) < 4.78 is 5.77. The molecule has 92 valence electrons. The van der Waals surface area contributed by atoms with Gasteiger partial charge in [0.05, 0.1) is 18.6 Å². The van der Waals surface area contributed by atoms with Crippen LogP contribution in [0.4, 0.5) is 0 Å². The Labute approximate surface area is 96.6 Å². The molecule has 16 heavy (non-hydrogen) atoms. The van der Waals surface area contributed by atoms with Crippen LogP contribution in [0.15, 0.2) is 0 Å². The van der Waals surface area contributed by atoms with Crippen LogP contribution in [0, 0.1) is 5.92 Å². The van der Waals surface area contributed by atoms with E-state index in [0.29, 0.717) is 18.7 Å². The van der Waals surface area contributed by atoms with Crippen LogP contribution < -0.4 is 0 Å². The van der Waals surface area contributed by atoms with Crippen molar-refractivity contribution in [1.29, 1.82) is 0 Å². The monoisotopic (exact) mass is 227 g/mol. The lowest BCUT2D eigenvalue weighted by molar-refractivity contribution is -0.144. The molecule has 0 spiro atoms. The largest absolute Gasteiger partial charge is 0.481 e. The Balaban J connectivity index is 1.94. The Morgan fingerprint density at radius 2 is 2.25 bits per heavy atom. The molecule has 0 bridgehead atoms. The van der Waals surface area contributed by atoms with Gasteiger partial charge in [-0.3, -0.25) is 9.69 Å². The fraction of sp³-hybridized carbons (Fsp3) is 0.917. The smallest absolute Gasteiger partial charge is 0.307 e. The Hall–Kier alpha value is -0.610. The number of rotatable bonds is 3. The minimum atomic E-state index is -0.696. The van der Waals surface area contributed by atoms with Gasteiger partial charge in [-0.2, -0.15) is 0 Å². The van der Waals surface area contributed by atoms with Gasteiger partial charge in [-0.1, -0.05) is 19.8 Å². The van der Waals surface area contributed by atoms with Crippen molar-refractivity contribution in [2.75, 3.05) is 19.7 Å². The predicted octanol–water partition coefficient (Wildman–Crippen LogP) is 1.35. The Morgan fingerprint density at radius 1 is 1.50 bits per heavy atom. The van der Waals surface area contributed by atoms with Gasteiger partial charge >= 0.3 is 5.97 Å². The van der Waals surface area contributed by atoms with E-state index < -0.39 is 5.97 Å². The summed E-state index contributed by atoms with van der Waals surface area (Å²) >= 11 is 0. The highest BCUT2D eigenvalue weighted by molar-refractivity contribution is 5.69. The molecule has 0 amide bonds. The van der Waals surface area contributed by atoms with Crippen molar-refractivity contribution in [3.63, 3.8) is 0 Å². The van der Waals surface area contributed by atoms with E-state index >= 15 is 0 Å². The first-order chi connectivity index (χ1) is 7.68. The summed E-state index contributed by atoms with van der Waals surface area (Å²) in [5, 5.41) is 8.95. The maximum Gasteiger partial charge on any atom is 0.307 e. The van der Waals surface area contributed by atoms with E-state index in [9.17, 15) is 4.79 Å². The number of fused-ring (bicyclic) bond motifs is 1. The number of nitrogens with zero attached hydrogens (tertiary/aromatic N) is 1. The van der Waals surface area contributed by atoms with E-state index in [2.05, 4.69) is 4.90 Å². The van der Waals surface area contributed by atoms with Crippen molar-refractivity contribution >= 4 is 5.97 Å². The number of aliphatic carboxylic acids is 1. The molecule has 2 aliphatic rings. The second kappa shape index (κ2) is 5.15. The van der Waals surface area contributed by atoms with Gasteiger partial charge in [-0.25, -0.2) is 0 Å². The van der Waals surface area contributed by atoms with Gasteiger partial charge in [0, 0.05) is 19.1 Å². The van der Waals surface area contributed by atoms with E-state index in [4.69, 9.17) is 9.84 Å². The van der Waals surface area contributed by atoms with Crippen molar-refractivity contribution in [2.24, 2.45) is 5.92 Å². The molecule has 1 N–H and O–H groups in total. The van der Waals surface area contributed by atoms with Crippen molar-refractivity contribution < 1.29 is 14.6 Å². The standard InChI is InChI=1S/C12H21NO3/c1-9(12(14)15)8-13-6-7-16-11-5-3-2-4-10(11)13/h9-11H,2-8H2,1H3,(H,14,15). The van der Waals surface area contributed by atoms with Crippen molar-refractivity contribution in [3.05, 3.63) is 0 Å². The second-order valence-corrected chi connectivity index (χ2v) is 5.00. The number of carboxylic acids is 1. The SMILES string of the molecule is CC(CN1CCOC2CCCCC21)C(=O)O. The Morgan fingerprint density at radius 3 is 3.00 bits per heavy atom. The molecule has 4 nitrogen and oxygen atoms in total. The molecule has 1 aliphatic heterocycles. The average molecular weight is 227 g/mol. The lowest BCUT2D eigenvalue weighted by atomic mass is 9.89. The van der Waals surface area contributed by atoms with Gasteiger partial charge < -0.3 is 9.84 Å². The number of morpholine rings is 1. The van der Waals surface area contributed by atoms with E-state index in [-0.39, 0.29) is 5.92 Å². The van der Waals surface area contributed by atoms with E-state index in [1.54, 1.807) is 6.92 Å². The zero-order chi connectivity index (χ0) is 11.5. The topological polar surface area (TPSA) is 49.8 Å². The summed E-state index contributed by atoms with van der Waals surface area (Å²) in [5.41, 5.74) is 0. The van der Waals surface area contributed by atoms with Gasteiger partial charge in [-0.15, -0.1) is 0 Å². The number of hydrogen-bond donors (Lipinski definition) is 1. The third-order valence-electron chi connectivity index (χ3n) is 3.78. The molecule has 1 saturated heterocycles. The Kier molecular flexibility index (Phi) is 3.82. The van der Waals surface area contributed by atoms with Crippen LogP contribution >= 0.6 is 0 Å². The highest BCUT2D eigenvalue weighted by atomic mass is 16.5. The molecule has 1 heterocycles. The van der Waals surface area contributed by atoms with Crippen LogP contribution in [0.2, 0.25) is 0 Å². The van der Waals surface area contributed by atoms with Crippen LogP contribution in [0.25, 0.3) is 0 Å². The summed E-state index contributed by atoms with van der Waals surface area (Å²) in [7, 11) is 0. The van der Waals surface area contributed by atoms with E-state index in [0.717, 1.165) is 26.0 Å².